The number of hydrogen-bond acceptors (Lipinski definition) is 20. The number of aliphatic hydroxyl groups excluding tert-OH is 14. The van der Waals surface area contributed by atoms with Gasteiger partial charge in [-0.15, -0.1) is 0 Å². The van der Waals surface area contributed by atoms with Crippen molar-refractivity contribution in [3.05, 3.63) is 0 Å². The lowest BCUT2D eigenvalue weighted by Crippen LogP contribution is -2.33. The maximum absolute atomic E-state index is 9.09. The van der Waals surface area contributed by atoms with Crippen LogP contribution < -0.4 is 0 Å². The van der Waals surface area contributed by atoms with Crippen LogP contribution in [0, 0.1) is 0 Å². The average Bonchev–Trinajstić information content (AvgIpc) is 3.95. The second-order valence-corrected chi connectivity index (χ2v) is 14.6. The number of rotatable bonds is 4. The molecule has 6 heterocycles. The molecule has 0 aromatic rings. The van der Waals surface area contributed by atoms with Crippen LogP contribution in [-0.2, 0) is 28.4 Å². The lowest BCUT2D eigenvalue weighted by molar-refractivity contribution is -0.0171. The van der Waals surface area contributed by atoms with Gasteiger partial charge < -0.3 is 99.9 Å². The lowest BCUT2D eigenvalue weighted by atomic mass is 10.1. The van der Waals surface area contributed by atoms with E-state index in [4.69, 9.17) is 99.9 Å². The molecule has 0 saturated carbocycles. The van der Waals surface area contributed by atoms with Crippen LogP contribution in [0.5, 0.6) is 0 Å². The highest BCUT2D eigenvalue weighted by Crippen LogP contribution is 2.22. The smallest absolute Gasteiger partial charge is 0.111 e. The molecule has 0 radical (unpaired) electrons. The van der Waals surface area contributed by atoms with Crippen LogP contribution in [0.4, 0.5) is 0 Å². The van der Waals surface area contributed by atoms with Crippen molar-refractivity contribution in [2.24, 2.45) is 0 Å². The molecule has 20 nitrogen and oxygen atoms in total. The van der Waals surface area contributed by atoms with Gasteiger partial charge in [0.05, 0.1) is 94.1 Å². The minimum Gasteiger partial charge on any atom is -0.394 e. The minimum atomic E-state index is -0.944. The van der Waals surface area contributed by atoms with E-state index in [0.717, 1.165) is 0 Å². The van der Waals surface area contributed by atoms with E-state index < -0.39 is 67.1 Å². The molecular formula is C36H74O20. The molecule has 14 N–H and O–H groups in total. The van der Waals surface area contributed by atoms with Crippen molar-refractivity contribution in [3.63, 3.8) is 0 Å². The van der Waals surface area contributed by atoms with Gasteiger partial charge in [0.1, 0.15) is 67.1 Å². The zero-order valence-corrected chi connectivity index (χ0v) is 32.8. The van der Waals surface area contributed by atoms with Gasteiger partial charge in [0.25, 0.3) is 0 Å². The Labute approximate surface area is 329 Å². The van der Waals surface area contributed by atoms with Gasteiger partial charge >= 0.3 is 0 Å². The Morgan fingerprint density at radius 1 is 0.375 bits per heavy atom. The largest absolute Gasteiger partial charge is 0.394 e. The van der Waals surface area contributed by atoms with Crippen molar-refractivity contribution in [1.29, 1.82) is 0 Å². The lowest BCUT2D eigenvalue weighted by Gasteiger charge is -2.10. The Balaban J connectivity index is 0.000000647. The summed E-state index contributed by atoms with van der Waals surface area (Å²) in [5.74, 6) is 0. The Morgan fingerprint density at radius 2 is 0.786 bits per heavy atom. The summed E-state index contributed by atoms with van der Waals surface area (Å²) in [5.41, 5.74) is 0. The molecule has 0 bridgehead atoms. The molecule has 338 valence electrons. The Morgan fingerprint density at radius 3 is 0.929 bits per heavy atom. The van der Waals surface area contributed by atoms with Crippen molar-refractivity contribution in [2.45, 2.75) is 197 Å². The fourth-order valence-corrected chi connectivity index (χ4v) is 6.12. The first-order chi connectivity index (χ1) is 25.6. The summed E-state index contributed by atoms with van der Waals surface area (Å²) in [6, 6.07) is 0. The third-order valence-corrected chi connectivity index (χ3v) is 9.96. The van der Waals surface area contributed by atoms with Crippen molar-refractivity contribution in [1.82, 2.24) is 0 Å². The van der Waals surface area contributed by atoms with E-state index in [-0.39, 0.29) is 102 Å². The summed E-state index contributed by atoms with van der Waals surface area (Å²) in [4.78, 5) is 0. The highest BCUT2D eigenvalue weighted by atomic mass is 16.6. The summed E-state index contributed by atoms with van der Waals surface area (Å²) in [7, 11) is 0. The topological polar surface area (TPSA) is 339 Å². The van der Waals surface area contributed by atoms with E-state index in [9.17, 15) is 0 Å². The predicted molar refractivity (Wildman–Crippen MR) is 197 cm³/mol. The normalized spacial score (nSPS) is 46.3. The standard InChI is InChI=1S/2C6H12O4.3C6H12O3.C5H10O3.CH4/c2*1-3-5(8)6(9)4(2-7)10-3;1-4-6(8)2-5(3-7)9-4;1-4-2-5(8)6(3-7)9-4;1-3-5(7)6(8)4(2)9-3;1-3-5(7)4(6)2-8-3;/h2*3-9H,2H2,1H3;2*4-8H,2-3H2,1H3;3-8H,1-2H3;3-7H,2H2,1H3;1H4/t3?,4-,5+,6+;3?,4-,5+,6-;2*4?,5-,6+;3-,4?,5-,6+;3?,4-,5+;/m001100./s1. The SMILES string of the molecule is C.CC1C[C@@H](O)[C@H](CO)O1.CC1OC[C@H](O)[C@@H]1O.CC1O[C@@H](C)[C@H](O)[C@@H]1O.CC1O[C@@H](CO)C[C@@H]1O.CC1O[C@@H](CO)[C@@H](O)[C@@H]1O.CC1O[C@@H](CO)[C@H](O)[C@@H]1O. The number of ether oxygens (including phenoxy) is 6. The molecule has 0 amide bonds. The van der Waals surface area contributed by atoms with Gasteiger partial charge in [-0.25, -0.2) is 0 Å². The fourth-order valence-electron chi connectivity index (χ4n) is 6.12. The van der Waals surface area contributed by atoms with Crippen LogP contribution in [-0.4, -0.2) is 233 Å². The van der Waals surface area contributed by atoms with Crippen LogP contribution in [0.1, 0.15) is 68.7 Å². The van der Waals surface area contributed by atoms with E-state index in [1.807, 2.05) is 6.92 Å². The molecule has 0 aromatic carbocycles. The van der Waals surface area contributed by atoms with E-state index in [1.165, 1.54) is 0 Å². The van der Waals surface area contributed by atoms with Gasteiger partial charge in [-0.2, -0.15) is 0 Å². The minimum absolute atomic E-state index is 0. The molecule has 0 aliphatic carbocycles. The molecule has 20 heteroatoms. The zero-order chi connectivity index (χ0) is 42.3. The number of aliphatic hydroxyl groups is 14. The molecule has 6 rings (SSSR count). The molecule has 6 unspecified atom stereocenters. The maximum Gasteiger partial charge on any atom is 0.111 e. The van der Waals surface area contributed by atoms with Crippen molar-refractivity contribution in [2.75, 3.05) is 33.0 Å². The van der Waals surface area contributed by atoms with Crippen molar-refractivity contribution >= 4 is 0 Å². The first-order valence-electron chi connectivity index (χ1n) is 18.8. The summed E-state index contributed by atoms with van der Waals surface area (Å²) in [5, 5.41) is 125. The molecule has 0 aromatic heterocycles. The van der Waals surface area contributed by atoms with Crippen LogP contribution in [0.25, 0.3) is 0 Å². The molecule has 6 saturated heterocycles. The van der Waals surface area contributed by atoms with Gasteiger partial charge in [-0.05, 0) is 48.5 Å². The fraction of sp³-hybridized carbons (Fsp3) is 1.00. The Bertz CT molecular complexity index is 940. The van der Waals surface area contributed by atoms with Crippen molar-refractivity contribution in [3.8, 4) is 0 Å². The van der Waals surface area contributed by atoms with Gasteiger partial charge in [-0.1, -0.05) is 7.43 Å². The molecule has 56 heavy (non-hydrogen) atoms. The summed E-state index contributed by atoms with van der Waals surface area (Å²) in [6.45, 7) is 11.9. The van der Waals surface area contributed by atoms with Gasteiger partial charge in [-0.3, -0.25) is 0 Å². The Hall–Kier alpha value is -0.800. The average molecular weight is 827 g/mol. The summed E-state index contributed by atoms with van der Waals surface area (Å²) in [6.07, 6.45) is -9.21. The third kappa shape index (κ3) is 17.1. The van der Waals surface area contributed by atoms with E-state index in [2.05, 4.69) is 0 Å². The molecule has 6 aliphatic rings. The van der Waals surface area contributed by atoms with Gasteiger partial charge in [0, 0.05) is 12.8 Å². The monoisotopic (exact) mass is 826 g/mol. The first kappa shape index (κ1) is 55.2. The van der Waals surface area contributed by atoms with Crippen LogP contribution in [0.15, 0.2) is 0 Å². The van der Waals surface area contributed by atoms with Gasteiger partial charge in [0.2, 0.25) is 0 Å². The second-order valence-electron chi connectivity index (χ2n) is 14.6. The molecule has 0 spiro atoms. The maximum atomic E-state index is 9.09. The second kappa shape index (κ2) is 27.1. The van der Waals surface area contributed by atoms with E-state index in [0.29, 0.717) is 12.8 Å². The number of hydrogen-bond donors (Lipinski definition) is 14. The third-order valence-electron chi connectivity index (χ3n) is 9.96. The first-order valence-corrected chi connectivity index (χ1v) is 18.8. The Kier molecular flexibility index (Phi) is 26.7. The summed E-state index contributed by atoms with van der Waals surface area (Å²) < 4.78 is 30.2. The molecule has 6 fully saturated rings. The molecular weight excluding hydrogens is 752 g/mol. The van der Waals surface area contributed by atoms with Crippen LogP contribution in [0.3, 0.4) is 0 Å². The summed E-state index contributed by atoms with van der Waals surface area (Å²) >= 11 is 0. The van der Waals surface area contributed by atoms with Crippen molar-refractivity contribution < 1.29 is 99.9 Å². The molecule has 21 atom stereocenters. The van der Waals surface area contributed by atoms with Gasteiger partial charge in [0.15, 0.2) is 0 Å². The zero-order valence-electron chi connectivity index (χ0n) is 32.8. The van der Waals surface area contributed by atoms with Crippen LogP contribution >= 0.6 is 0 Å². The highest BCUT2D eigenvalue weighted by Gasteiger charge is 2.41. The molecule has 6 aliphatic heterocycles. The van der Waals surface area contributed by atoms with E-state index >= 15 is 0 Å². The van der Waals surface area contributed by atoms with E-state index in [1.54, 1.807) is 41.5 Å². The quantitative estimate of drug-likeness (QED) is 0.127. The van der Waals surface area contributed by atoms with Crippen LogP contribution in [0.2, 0.25) is 0 Å². The highest BCUT2D eigenvalue weighted by molar-refractivity contribution is 4.89. The predicted octanol–water partition coefficient (Wildman–Crippen LogP) is -4.71.